The molecule has 0 radical (unpaired) electrons. The molecule has 3 rings (SSSR count). The molecule has 1 N–H and O–H groups in total. The van der Waals surface area contributed by atoms with E-state index in [-0.39, 0.29) is 5.91 Å². The first kappa shape index (κ1) is 12.2. The molecule has 1 atom stereocenters. The summed E-state index contributed by atoms with van der Waals surface area (Å²) in [5.74, 6) is -1.08. The van der Waals surface area contributed by atoms with Crippen molar-refractivity contribution >= 4 is 11.9 Å². The van der Waals surface area contributed by atoms with E-state index in [0.29, 0.717) is 18.5 Å². The summed E-state index contributed by atoms with van der Waals surface area (Å²) in [6, 6.07) is -0.674. The number of fused-ring (bicyclic) bond motifs is 1. The van der Waals surface area contributed by atoms with E-state index in [1.165, 1.54) is 4.90 Å². The number of amides is 1. The SMILES string of the molecule is O=C(O)[C@H]1CCCN1C(=O)c1cnn2c1CCCC2. The second-order valence-corrected chi connectivity index (χ2v) is 5.18. The first-order chi connectivity index (χ1) is 9.18. The van der Waals surface area contributed by atoms with E-state index in [9.17, 15) is 9.59 Å². The summed E-state index contributed by atoms with van der Waals surface area (Å²) in [5, 5.41) is 13.4. The highest BCUT2D eigenvalue weighted by Crippen LogP contribution is 2.24. The fraction of sp³-hybridized carbons (Fsp3) is 0.615. The maximum absolute atomic E-state index is 12.5. The van der Waals surface area contributed by atoms with Crippen LogP contribution in [0.4, 0.5) is 0 Å². The predicted molar refractivity (Wildman–Crippen MR) is 66.9 cm³/mol. The van der Waals surface area contributed by atoms with Gasteiger partial charge in [0.1, 0.15) is 6.04 Å². The van der Waals surface area contributed by atoms with E-state index in [4.69, 9.17) is 5.11 Å². The summed E-state index contributed by atoms with van der Waals surface area (Å²) in [5.41, 5.74) is 1.56. The Morgan fingerprint density at radius 1 is 1.26 bits per heavy atom. The van der Waals surface area contributed by atoms with Gasteiger partial charge in [0.05, 0.1) is 17.5 Å². The van der Waals surface area contributed by atoms with Crippen LogP contribution in [0, 0.1) is 0 Å². The number of carboxylic acids is 1. The van der Waals surface area contributed by atoms with Crippen molar-refractivity contribution in [3.63, 3.8) is 0 Å². The Labute approximate surface area is 111 Å². The first-order valence-corrected chi connectivity index (χ1v) is 6.77. The van der Waals surface area contributed by atoms with Gasteiger partial charge in [-0.3, -0.25) is 9.48 Å². The minimum Gasteiger partial charge on any atom is -0.480 e. The van der Waals surface area contributed by atoms with Gasteiger partial charge >= 0.3 is 5.97 Å². The summed E-state index contributed by atoms with van der Waals surface area (Å²) in [4.78, 5) is 25.1. The number of nitrogens with zero attached hydrogens (tertiary/aromatic N) is 3. The van der Waals surface area contributed by atoms with Crippen LogP contribution in [0.2, 0.25) is 0 Å². The monoisotopic (exact) mass is 263 g/mol. The van der Waals surface area contributed by atoms with Crippen molar-refractivity contribution in [1.29, 1.82) is 0 Å². The number of hydrogen-bond donors (Lipinski definition) is 1. The third-order valence-corrected chi connectivity index (χ3v) is 4.01. The van der Waals surface area contributed by atoms with Crippen molar-refractivity contribution in [3.8, 4) is 0 Å². The van der Waals surface area contributed by atoms with Gasteiger partial charge in [0, 0.05) is 13.1 Å². The van der Waals surface area contributed by atoms with E-state index in [1.54, 1.807) is 6.20 Å². The topological polar surface area (TPSA) is 75.4 Å². The molecule has 102 valence electrons. The highest BCUT2D eigenvalue weighted by Gasteiger charge is 2.36. The van der Waals surface area contributed by atoms with E-state index in [1.807, 2.05) is 4.68 Å². The number of aromatic nitrogens is 2. The van der Waals surface area contributed by atoms with Gasteiger partial charge < -0.3 is 10.0 Å². The number of rotatable bonds is 2. The van der Waals surface area contributed by atoms with Crippen molar-refractivity contribution in [2.45, 2.75) is 44.7 Å². The Hall–Kier alpha value is -1.85. The lowest BCUT2D eigenvalue weighted by Crippen LogP contribution is -2.40. The van der Waals surface area contributed by atoms with Crippen LogP contribution in [-0.2, 0) is 17.8 Å². The molecule has 1 saturated heterocycles. The molecule has 6 nitrogen and oxygen atoms in total. The van der Waals surface area contributed by atoms with Crippen LogP contribution >= 0.6 is 0 Å². The fourth-order valence-electron chi connectivity index (χ4n) is 3.02. The zero-order valence-corrected chi connectivity index (χ0v) is 10.7. The van der Waals surface area contributed by atoms with E-state index >= 15 is 0 Å². The number of carbonyl (C=O) groups excluding carboxylic acids is 1. The lowest BCUT2D eigenvalue weighted by molar-refractivity contribution is -0.141. The van der Waals surface area contributed by atoms with Gasteiger partial charge in [-0.1, -0.05) is 0 Å². The second-order valence-electron chi connectivity index (χ2n) is 5.18. The molecule has 6 heteroatoms. The van der Waals surface area contributed by atoms with Crippen LogP contribution in [0.5, 0.6) is 0 Å². The van der Waals surface area contributed by atoms with E-state index in [2.05, 4.69) is 5.10 Å². The lowest BCUT2D eigenvalue weighted by atomic mass is 10.1. The second kappa shape index (κ2) is 4.68. The number of aliphatic carboxylic acids is 1. The highest BCUT2D eigenvalue weighted by atomic mass is 16.4. The third-order valence-electron chi connectivity index (χ3n) is 4.01. The molecule has 1 fully saturated rings. The Bertz CT molecular complexity index is 523. The van der Waals surface area contributed by atoms with Crippen LogP contribution in [-0.4, -0.2) is 44.3 Å². The van der Waals surface area contributed by atoms with Crippen LogP contribution in [0.25, 0.3) is 0 Å². The van der Waals surface area contributed by atoms with Gasteiger partial charge in [0.2, 0.25) is 0 Å². The van der Waals surface area contributed by atoms with Gasteiger partial charge in [0.15, 0.2) is 0 Å². The summed E-state index contributed by atoms with van der Waals surface area (Å²) in [6.45, 7) is 1.38. The minimum absolute atomic E-state index is 0.173. The molecule has 19 heavy (non-hydrogen) atoms. The minimum atomic E-state index is -0.910. The van der Waals surface area contributed by atoms with Crippen LogP contribution < -0.4 is 0 Å². The van der Waals surface area contributed by atoms with Crippen LogP contribution in [0.15, 0.2) is 6.20 Å². The smallest absolute Gasteiger partial charge is 0.326 e. The predicted octanol–water partition coefficient (Wildman–Crippen LogP) is 0.909. The van der Waals surface area contributed by atoms with Crippen molar-refractivity contribution in [1.82, 2.24) is 14.7 Å². The van der Waals surface area contributed by atoms with Gasteiger partial charge in [-0.2, -0.15) is 5.10 Å². The van der Waals surface area contributed by atoms with E-state index in [0.717, 1.165) is 37.9 Å². The maximum atomic E-state index is 12.5. The summed E-state index contributed by atoms with van der Waals surface area (Å²) < 4.78 is 1.88. The molecular formula is C13H17N3O3. The molecule has 1 aromatic heterocycles. The van der Waals surface area contributed by atoms with Crippen molar-refractivity contribution in [2.75, 3.05) is 6.54 Å². The molecule has 1 amide bonds. The molecule has 2 aliphatic rings. The summed E-state index contributed by atoms with van der Waals surface area (Å²) in [6.07, 6.45) is 5.90. The molecule has 2 aliphatic heterocycles. The van der Waals surface area contributed by atoms with Crippen molar-refractivity contribution in [2.24, 2.45) is 0 Å². The number of aryl methyl sites for hydroxylation is 1. The molecule has 0 unspecified atom stereocenters. The van der Waals surface area contributed by atoms with Gasteiger partial charge in [-0.25, -0.2) is 4.79 Å². The average molecular weight is 263 g/mol. The molecule has 0 aromatic carbocycles. The number of hydrogen-bond acceptors (Lipinski definition) is 3. The molecule has 1 aromatic rings. The first-order valence-electron chi connectivity index (χ1n) is 6.77. The van der Waals surface area contributed by atoms with Crippen molar-refractivity contribution in [3.05, 3.63) is 17.5 Å². The van der Waals surface area contributed by atoms with E-state index < -0.39 is 12.0 Å². The van der Waals surface area contributed by atoms with Crippen LogP contribution in [0.1, 0.15) is 41.7 Å². The quantitative estimate of drug-likeness (QED) is 0.860. The Balaban J connectivity index is 1.88. The molecular weight excluding hydrogens is 246 g/mol. The lowest BCUT2D eigenvalue weighted by Gasteiger charge is -2.22. The zero-order chi connectivity index (χ0) is 13.4. The third kappa shape index (κ3) is 2.01. The van der Waals surface area contributed by atoms with Crippen molar-refractivity contribution < 1.29 is 14.7 Å². The standard InChI is InChI=1S/C13H17N3O3/c17-12(15-6-3-5-11(15)13(18)19)9-8-14-16-7-2-1-4-10(9)16/h8,11H,1-7H2,(H,18,19)/t11-/m1/s1. The maximum Gasteiger partial charge on any atom is 0.326 e. The van der Waals surface area contributed by atoms with Crippen LogP contribution in [0.3, 0.4) is 0 Å². The Morgan fingerprint density at radius 2 is 2.11 bits per heavy atom. The summed E-state index contributed by atoms with van der Waals surface area (Å²) >= 11 is 0. The molecule has 0 bridgehead atoms. The number of carbonyl (C=O) groups is 2. The molecule has 0 spiro atoms. The molecule has 0 saturated carbocycles. The van der Waals surface area contributed by atoms with Gasteiger partial charge in [-0.15, -0.1) is 0 Å². The number of likely N-dealkylation sites (tertiary alicyclic amines) is 1. The zero-order valence-electron chi connectivity index (χ0n) is 10.7. The van der Waals surface area contributed by atoms with Gasteiger partial charge in [0.25, 0.3) is 5.91 Å². The molecule has 0 aliphatic carbocycles. The Morgan fingerprint density at radius 3 is 2.89 bits per heavy atom. The molecule has 3 heterocycles. The highest BCUT2D eigenvalue weighted by molar-refractivity contribution is 5.97. The fourth-order valence-corrected chi connectivity index (χ4v) is 3.02. The average Bonchev–Trinajstić information content (AvgIpc) is 3.05. The van der Waals surface area contributed by atoms with Gasteiger partial charge in [-0.05, 0) is 32.1 Å². The Kier molecular flexibility index (Phi) is 3.00. The number of carboxylic acid groups (broad SMARTS) is 1. The normalized spacial score (nSPS) is 22.3. The summed E-state index contributed by atoms with van der Waals surface area (Å²) in [7, 11) is 0. The largest absolute Gasteiger partial charge is 0.480 e.